The van der Waals surface area contributed by atoms with Crippen LogP contribution in [0.3, 0.4) is 0 Å². The van der Waals surface area contributed by atoms with Crippen molar-refractivity contribution >= 4 is 23.2 Å². The molecule has 0 aliphatic carbocycles. The number of hydrogen-bond acceptors (Lipinski definition) is 4. The second-order valence-corrected chi connectivity index (χ2v) is 5.95. The zero-order valence-electron chi connectivity index (χ0n) is 15.3. The van der Waals surface area contributed by atoms with Crippen molar-refractivity contribution in [1.82, 2.24) is 0 Å². The maximum Gasteiger partial charge on any atom is 0.250 e. The van der Waals surface area contributed by atoms with E-state index in [9.17, 15) is 9.59 Å². The van der Waals surface area contributed by atoms with E-state index in [-0.39, 0.29) is 24.8 Å². The summed E-state index contributed by atoms with van der Waals surface area (Å²) >= 11 is 0. The number of amides is 2. The topological polar surface area (TPSA) is 76.7 Å². The van der Waals surface area contributed by atoms with Gasteiger partial charge in [-0.2, -0.15) is 0 Å². The number of rotatable bonds is 8. The average molecular weight is 356 g/mol. The van der Waals surface area contributed by atoms with E-state index in [2.05, 4.69) is 10.6 Å². The summed E-state index contributed by atoms with van der Waals surface area (Å²) in [6.45, 7) is 4.37. The first-order chi connectivity index (χ1) is 12.5. The fourth-order valence-electron chi connectivity index (χ4n) is 2.25. The fourth-order valence-corrected chi connectivity index (χ4v) is 2.25. The third-order valence-electron chi connectivity index (χ3n) is 3.80. The van der Waals surface area contributed by atoms with Gasteiger partial charge in [-0.25, -0.2) is 0 Å². The van der Waals surface area contributed by atoms with Crippen molar-refractivity contribution in [2.24, 2.45) is 0 Å². The van der Waals surface area contributed by atoms with Crippen molar-refractivity contribution in [2.75, 3.05) is 31.0 Å². The van der Waals surface area contributed by atoms with Crippen molar-refractivity contribution in [3.8, 4) is 5.75 Å². The van der Waals surface area contributed by atoms with Gasteiger partial charge < -0.3 is 20.1 Å². The lowest BCUT2D eigenvalue weighted by Gasteiger charge is -2.09. The molecule has 6 nitrogen and oxygen atoms in total. The van der Waals surface area contributed by atoms with E-state index >= 15 is 0 Å². The number of carbonyl (C=O) groups excluding carboxylic acids is 2. The predicted octanol–water partition coefficient (Wildman–Crippen LogP) is 3.30. The molecule has 0 unspecified atom stereocenters. The third kappa shape index (κ3) is 6.22. The van der Waals surface area contributed by atoms with Crippen LogP contribution in [0.2, 0.25) is 0 Å². The van der Waals surface area contributed by atoms with Crippen molar-refractivity contribution < 1.29 is 19.1 Å². The number of ether oxygens (including phenoxy) is 2. The molecule has 0 heterocycles. The second kappa shape index (κ2) is 9.58. The fraction of sp³-hybridized carbons (Fsp3) is 0.300. The molecule has 2 amide bonds. The Morgan fingerprint density at radius 3 is 2.08 bits per heavy atom. The molecule has 0 aliphatic heterocycles. The van der Waals surface area contributed by atoms with Crippen LogP contribution in [0.1, 0.15) is 17.5 Å². The number of methoxy groups -OCH3 is 1. The van der Waals surface area contributed by atoms with E-state index in [4.69, 9.17) is 9.47 Å². The lowest BCUT2D eigenvalue weighted by atomic mass is 10.1. The van der Waals surface area contributed by atoms with Gasteiger partial charge in [0, 0.05) is 18.5 Å². The molecule has 0 aromatic heterocycles. The minimum atomic E-state index is -0.229. The highest BCUT2D eigenvalue weighted by atomic mass is 16.5. The number of aryl methyl sites for hydroxylation is 2. The third-order valence-corrected chi connectivity index (χ3v) is 3.80. The van der Waals surface area contributed by atoms with Gasteiger partial charge in [0.25, 0.3) is 0 Å². The zero-order valence-corrected chi connectivity index (χ0v) is 15.3. The Labute approximate surface area is 153 Å². The van der Waals surface area contributed by atoms with Gasteiger partial charge >= 0.3 is 0 Å². The first kappa shape index (κ1) is 19.5. The van der Waals surface area contributed by atoms with Crippen LogP contribution in [0, 0.1) is 13.8 Å². The summed E-state index contributed by atoms with van der Waals surface area (Å²) in [5.41, 5.74) is 3.66. The first-order valence-electron chi connectivity index (χ1n) is 8.36. The Hall–Kier alpha value is -2.86. The molecule has 0 bridgehead atoms. The number of benzene rings is 2. The van der Waals surface area contributed by atoms with Crippen LogP contribution in [0.4, 0.5) is 11.4 Å². The van der Waals surface area contributed by atoms with Crippen molar-refractivity contribution in [3.05, 3.63) is 53.6 Å². The van der Waals surface area contributed by atoms with E-state index in [0.717, 1.165) is 11.3 Å². The van der Waals surface area contributed by atoms with Gasteiger partial charge in [-0.3, -0.25) is 9.59 Å². The Morgan fingerprint density at radius 2 is 1.50 bits per heavy atom. The smallest absolute Gasteiger partial charge is 0.250 e. The molecule has 26 heavy (non-hydrogen) atoms. The normalized spacial score (nSPS) is 10.3. The minimum Gasteiger partial charge on any atom is -0.493 e. The van der Waals surface area contributed by atoms with E-state index in [1.165, 1.54) is 12.7 Å². The molecule has 6 heteroatoms. The largest absolute Gasteiger partial charge is 0.493 e. The highest BCUT2D eigenvalue weighted by Gasteiger charge is 2.05. The molecular formula is C20H24N2O4. The van der Waals surface area contributed by atoms with Crippen LogP contribution in [-0.2, 0) is 14.3 Å². The number of nitrogens with one attached hydrogen (secondary N) is 2. The van der Waals surface area contributed by atoms with E-state index < -0.39 is 0 Å². The summed E-state index contributed by atoms with van der Waals surface area (Å²) in [6, 6.07) is 12.7. The summed E-state index contributed by atoms with van der Waals surface area (Å²) in [7, 11) is 1.46. The van der Waals surface area contributed by atoms with Gasteiger partial charge in [-0.05, 0) is 61.4 Å². The Kier molecular flexibility index (Phi) is 7.17. The molecule has 2 rings (SSSR count). The molecule has 0 saturated carbocycles. The van der Waals surface area contributed by atoms with Gasteiger partial charge in [-0.15, -0.1) is 0 Å². The molecule has 138 valence electrons. The Balaban J connectivity index is 1.76. The van der Waals surface area contributed by atoms with Gasteiger partial charge in [0.15, 0.2) is 0 Å². The summed E-state index contributed by atoms with van der Waals surface area (Å²) in [5, 5.41) is 5.49. The zero-order chi connectivity index (χ0) is 18.9. The number of hydrogen-bond donors (Lipinski definition) is 2. The van der Waals surface area contributed by atoms with Crippen LogP contribution >= 0.6 is 0 Å². The van der Waals surface area contributed by atoms with E-state index in [0.29, 0.717) is 18.0 Å². The highest BCUT2D eigenvalue weighted by molar-refractivity contribution is 5.93. The lowest BCUT2D eigenvalue weighted by molar-refractivity contribution is -0.119. The summed E-state index contributed by atoms with van der Waals surface area (Å²) < 4.78 is 10.4. The summed E-state index contributed by atoms with van der Waals surface area (Å²) in [6.07, 6.45) is 0.249. The molecule has 0 aliphatic rings. The maximum atomic E-state index is 12.0. The molecule has 0 saturated heterocycles. The second-order valence-electron chi connectivity index (χ2n) is 5.95. The molecule has 2 aromatic carbocycles. The predicted molar refractivity (Wildman–Crippen MR) is 102 cm³/mol. The lowest BCUT2D eigenvalue weighted by Crippen LogP contribution is -2.17. The molecule has 0 atom stereocenters. The van der Waals surface area contributed by atoms with Crippen molar-refractivity contribution in [1.29, 1.82) is 0 Å². The molecule has 0 spiro atoms. The van der Waals surface area contributed by atoms with Gasteiger partial charge in [0.1, 0.15) is 12.4 Å². The standard InChI is InChI=1S/C20H24N2O4/c1-14-4-9-18(12-15(14)2)26-11-10-19(23)21-16-5-7-17(8-6-16)22-20(24)13-25-3/h4-9,12H,10-11,13H2,1-3H3,(H,21,23)(H,22,24). The number of anilines is 2. The van der Waals surface area contributed by atoms with Crippen LogP contribution < -0.4 is 15.4 Å². The van der Waals surface area contributed by atoms with Gasteiger partial charge in [0.05, 0.1) is 13.0 Å². The van der Waals surface area contributed by atoms with Crippen LogP contribution in [-0.4, -0.2) is 32.1 Å². The quantitative estimate of drug-likeness (QED) is 0.761. The van der Waals surface area contributed by atoms with Crippen LogP contribution in [0.25, 0.3) is 0 Å². The molecule has 0 radical (unpaired) electrons. The molecule has 0 fully saturated rings. The van der Waals surface area contributed by atoms with E-state index in [1.807, 2.05) is 32.0 Å². The molecule has 2 N–H and O–H groups in total. The highest BCUT2D eigenvalue weighted by Crippen LogP contribution is 2.17. The summed E-state index contributed by atoms with van der Waals surface area (Å²) in [4.78, 5) is 23.4. The monoisotopic (exact) mass is 356 g/mol. The van der Waals surface area contributed by atoms with Crippen LogP contribution in [0.5, 0.6) is 5.75 Å². The van der Waals surface area contributed by atoms with Gasteiger partial charge in [-0.1, -0.05) is 6.07 Å². The maximum absolute atomic E-state index is 12.0. The van der Waals surface area contributed by atoms with Gasteiger partial charge in [0.2, 0.25) is 11.8 Å². The molecular weight excluding hydrogens is 332 g/mol. The Bertz CT molecular complexity index is 757. The van der Waals surface area contributed by atoms with Crippen molar-refractivity contribution in [2.45, 2.75) is 20.3 Å². The van der Waals surface area contributed by atoms with E-state index in [1.54, 1.807) is 24.3 Å². The van der Waals surface area contributed by atoms with Crippen LogP contribution in [0.15, 0.2) is 42.5 Å². The average Bonchev–Trinajstić information content (AvgIpc) is 2.60. The molecule has 2 aromatic rings. The van der Waals surface area contributed by atoms with Crippen molar-refractivity contribution in [3.63, 3.8) is 0 Å². The summed E-state index contributed by atoms with van der Waals surface area (Å²) in [5.74, 6) is 0.398. The Morgan fingerprint density at radius 1 is 0.885 bits per heavy atom. The number of carbonyl (C=O) groups is 2. The first-order valence-corrected chi connectivity index (χ1v) is 8.36. The minimum absolute atomic E-state index is 0.000997. The SMILES string of the molecule is COCC(=O)Nc1ccc(NC(=O)CCOc2ccc(C)c(C)c2)cc1.